The molecule has 0 aliphatic carbocycles. The van der Waals surface area contributed by atoms with Gasteiger partial charge < -0.3 is 15.2 Å². The summed E-state index contributed by atoms with van der Waals surface area (Å²) in [6.07, 6.45) is -0.788. The molecule has 0 radical (unpaired) electrons. The number of pyridine rings is 1. The third kappa shape index (κ3) is 3.61. The monoisotopic (exact) mass is 417 g/mol. The molecule has 0 atom stereocenters. The molecule has 3 aromatic heterocycles. The zero-order valence-electron chi connectivity index (χ0n) is 15.9. The summed E-state index contributed by atoms with van der Waals surface area (Å²) < 4.78 is 46.5. The van der Waals surface area contributed by atoms with E-state index >= 15 is 0 Å². The third-order valence-corrected chi connectivity index (χ3v) is 4.62. The molecule has 0 saturated carbocycles. The van der Waals surface area contributed by atoms with Crippen LogP contribution in [0.25, 0.3) is 27.9 Å². The molecule has 0 aliphatic heterocycles. The molecular weight excluding hydrogens is 399 g/mol. The Morgan fingerprint density at radius 2 is 1.97 bits per heavy atom. The van der Waals surface area contributed by atoms with Crippen LogP contribution in [0.2, 0.25) is 0 Å². The molecule has 2 N–H and O–H groups in total. The predicted octanol–water partition coefficient (Wildman–Crippen LogP) is 3.77. The molecule has 0 aliphatic rings. The number of halogens is 3. The van der Waals surface area contributed by atoms with E-state index in [4.69, 9.17) is 9.84 Å². The van der Waals surface area contributed by atoms with Gasteiger partial charge in [-0.25, -0.2) is 15.0 Å². The van der Waals surface area contributed by atoms with Crippen LogP contribution in [0.4, 0.5) is 19.0 Å². The number of fused-ring (bicyclic) bond motifs is 3. The van der Waals surface area contributed by atoms with Crippen molar-refractivity contribution in [3.05, 3.63) is 48.3 Å². The molecule has 0 amide bonds. The molecule has 4 aromatic rings. The Bertz CT molecular complexity index is 1190. The van der Waals surface area contributed by atoms with Crippen molar-refractivity contribution in [1.82, 2.24) is 19.4 Å². The second-order valence-electron chi connectivity index (χ2n) is 6.56. The topological polar surface area (TPSA) is 84.6 Å². The van der Waals surface area contributed by atoms with E-state index in [1.165, 1.54) is 13.2 Å². The second kappa shape index (κ2) is 7.79. The highest BCUT2D eigenvalue weighted by molar-refractivity contribution is 5.86. The maximum Gasteiger partial charge on any atom is 0.416 e. The molecule has 0 fully saturated rings. The van der Waals surface area contributed by atoms with Gasteiger partial charge in [0.1, 0.15) is 0 Å². The smallest absolute Gasteiger partial charge is 0.416 e. The lowest BCUT2D eigenvalue weighted by Crippen LogP contribution is -2.09. The van der Waals surface area contributed by atoms with E-state index in [1.807, 2.05) is 0 Å². The van der Waals surface area contributed by atoms with Crippen LogP contribution >= 0.6 is 0 Å². The number of anilines is 1. The first-order valence-corrected chi connectivity index (χ1v) is 9.16. The van der Waals surface area contributed by atoms with E-state index in [0.717, 1.165) is 17.7 Å². The van der Waals surface area contributed by atoms with Crippen molar-refractivity contribution in [2.24, 2.45) is 0 Å². The minimum atomic E-state index is -4.48. The largest absolute Gasteiger partial charge is 0.481 e. The fourth-order valence-corrected chi connectivity index (χ4v) is 3.17. The van der Waals surface area contributed by atoms with Crippen LogP contribution in [-0.2, 0) is 6.18 Å². The maximum atomic E-state index is 13.2. The Labute approximate surface area is 169 Å². The number of aliphatic hydroxyl groups excluding tert-OH is 1. The lowest BCUT2D eigenvalue weighted by Gasteiger charge is -2.13. The van der Waals surface area contributed by atoms with E-state index in [2.05, 4.69) is 20.3 Å². The highest BCUT2D eigenvalue weighted by atomic mass is 19.4. The minimum Gasteiger partial charge on any atom is -0.481 e. The van der Waals surface area contributed by atoms with Gasteiger partial charge in [0, 0.05) is 31.0 Å². The summed E-state index contributed by atoms with van der Waals surface area (Å²) in [5.74, 6) is 0.781. The van der Waals surface area contributed by atoms with Crippen LogP contribution in [0, 0.1) is 0 Å². The predicted molar refractivity (Wildman–Crippen MR) is 105 cm³/mol. The zero-order valence-corrected chi connectivity index (χ0v) is 15.9. The van der Waals surface area contributed by atoms with Crippen LogP contribution in [0.3, 0.4) is 0 Å². The first-order valence-electron chi connectivity index (χ1n) is 9.16. The molecule has 7 nitrogen and oxygen atoms in total. The molecule has 1 aromatic carbocycles. The fraction of sp³-hybridized carbons (Fsp3) is 0.250. The van der Waals surface area contributed by atoms with Gasteiger partial charge in [-0.05, 0) is 30.7 Å². The summed E-state index contributed by atoms with van der Waals surface area (Å²) in [4.78, 5) is 13.0. The molecule has 4 rings (SSSR count). The van der Waals surface area contributed by atoms with Crippen molar-refractivity contribution in [2.75, 3.05) is 25.6 Å². The summed E-state index contributed by atoms with van der Waals surface area (Å²) in [7, 11) is 1.51. The number of aromatic nitrogens is 4. The number of benzene rings is 1. The first-order chi connectivity index (χ1) is 14.4. The molecule has 0 spiro atoms. The summed E-state index contributed by atoms with van der Waals surface area (Å²) >= 11 is 0. The second-order valence-corrected chi connectivity index (χ2v) is 6.56. The number of imidazole rings is 1. The van der Waals surface area contributed by atoms with Crippen molar-refractivity contribution in [1.29, 1.82) is 0 Å². The van der Waals surface area contributed by atoms with Gasteiger partial charge >= 0.3 is 6.18 Å². The normalized spacial score (nSPS) is 11.9. The molecule has 156 valence electrons. The highest BCUT2D eigenvalue weighted by Gasteiger charge is 2.31. The SMILES string of the molecule is COc1ccc(-c2cnc3c(NCCCO)nc4cc(C(F)(F)F)ccc4n23)cn1. The maximum absolute atomic E-state index is 13.2. The van der Waals surface area contributed by atoms with Crippen molar-refractivity contribution in [3.8, 4) is 17.1 Å². The average molecular weight is 417 g/mol. The van der Waals surface area contributed by atoms with Gasteiger partial charge in [-0.1, -0.05) is 0 Å². The molecule has 0 unspecified atom stereocenters. The number of hydrogen-bond donors (Lipinski definition) is 2. The van der Waals surface area contributed by atoms with E-state index in [-0.39, 0.29) is 12.1 Å². The standard InChI is InChI=1S/C20H18F3N5O2/c1-30-17-6-3-12(10-25-17)16-11-26-19-18(24-7-2-8-29)27-14-9-13(20(21,22)23)4-5-15(14)28(16)19/h3-6,9-11,29H,2,7-8H2,1H3,(H,24,27). The molecule has 0 saturated heterocycles. The Balaban J connectivity index is 1.95. The number of ether oxygens (including phenoxy) is 1. The van der Waals surface area contributed by atoms with E-state index in [9.17, 15) is 13.2 Å². The zero-order chi connectivity index (χ0) is 21.3. The Morgan fingerprint density at radius 3 is 2.63 bits per heavy atom. The van der Waals surface area contributed by atoms with Gasteiger partial charge in [-0.15, -0.1) is 0 Å². The van der Waals surface area contributed by atoms with Crippen molar-refractivity contribution in [3.63, 3.8) is 0 Å². The molecule has 30 heavy (non-hydrogen) atoms. The molecular formula is C20H18F3N5O2. The summed E-state index contributed by atoms with van der Waals surface area (Å²) in [5, 5.41) is 12.1. The summed E-state index contributed by atoms with van der Waals surface area (Å²) in [6, 6.07) is 6.92. The van der Waals surface area contributed by atoms with Gasteiger partial charge in [0.15, 0.2) is 11.5 Å². The lowest BCUT2D eigenvalue weighted by molar-refractivity contribution is -0.137. The number of nitrogens with one attached hydrogen (secondary N) is 1. The minimum absolute atomic E-state index is 0.0215. The van der Waals surface area contributed by atoms with Crippen molar-refractivity contribution < 1.29 is 23.0 Å². The van der Waals surface area contributed by atoms with Crippen LogP contribution < -0.4 is 10.1 Å². The van der Waals surface area contributed by atoms with E-state index < -0.39 is 11.7 Å². The van der Waals surface area contributed by atoms with Gasteiger partial charge in [-0.3, -0.25) is 4.40 Å². The molecule has 10 heteroatoms. The summed E-state index contributed by atoms with van der Waals surface area (Å²) in [6.45, 7) is 0.377. The summed E-state index contributed by atoms with van der Waals surface area (Å²) in [5.41, 5.74) is 1.70. The average Bonchev–Trinajstić information content (AvgIpc) is 3.18. The number of aliphatic hydroxyl groups is 1. The van der Waals surface area contributed by atoms with Gasteiger partial charge in [0.25, 0.3) is 0 Å². The van der Waals surface area contributed by atoms with Crippen molar-refractivity contribution in [2.45, 2.75) is 12.6 Å². The highest BCUT2D eigenvalue weighted by Crippen LogP contribution is 2.33. The number of rotatable bonds is 6. The van der Waals surface area contributed by atoms with Crippen LogP contribution in [0.15, 0.2) is 42.7 Å². The Kier molecular flexibility index (Phi) is 5.17. The Morgan fingerprint density at radius 1 is 1.13 bits per heavy atom. The van der Waals surface area contributed by atoms with Crippen molar-refractivity contribution >= 4 is 22.5 Å². The van der Waals surface area contributed by atoms with Gasteiger partial charge in [-0.2, -0.15) is 13.2 Å². The van der Waals surface area contributed by atoms with Gasteiger partial charge in [0.05, 0.1) is 35.6 Å². The van der Waals surface area contributed by atoms with E-state index in [0.29, 0.717) is 41.5 Å². The fourth-order valence-electron chi connectivity index (χ4n) is 3.17. The molecule has 3 heterocycles. The number of alkyl halides is 3. The first kappa shape index (κ1) is 19.9. The van der Waals surface area contributed by atoms with E-state index in [1.54, 1.807) is 28.9 Å². The van der Waals surface area contributed by atoms with Gasteiger partial charge in [0.2, 0.25) is 5.88 Å². The quantitative estimate of drug-likeness (QED) is 0.465. The van der Waals surface area contributed by atoms with Crippen LogP contribution in [0.1, 0.15) is 12.0 Å². The third-order valence-electron chi connectivity index (χ3n) is 4.62. The number of methoxy groups -OCH3 is 1. The number of nitrogens with zero attached hydrogens (tertiary/aromatic N) is 4. The van der Waals surface area contributed by atoms with Crippen LogP contribution in [-0.4, -0.2) is 44.7 Å². The molecule has 0 bridgehead atoms. The Hall–Kier alpha value is -3.40. The lowest BCUT2D eigenvalue weighted by atomic mass is 10.1. The number of hydrogen-bond acceptors (Lipinski definition) is 6. The van der Waals surface area contributed by atoms with Crippen LogP contribution in [0.5, 0.6) is 5.88 Å².